The number of hydrogen-bond donors (Lipinski definition) is 1. The molecule has 2 saturated carbocycles. The summed E-state index contributed by atoms with van der Waals surface area (Å²) in [5.74, 6) is 1.82. The maximum absolute atomic E-state index is 12.5. The van der Waals surface area contributed by atoms with Crippen molar-refractivity contribution in [2.75, 3.05) is 6.54 Å². The zero-order chi connectivity index (χ0) is 14.1. The first-order chi connectivity index (χ1) is 9.72. The van der Waals surface area contributed by atoms with E-state index >= 15 is 0 Å². The van der Waals surface area contributed by atoms with Gasteiger partial charge < -0.3 is 10.2 Å². The second-order valence-electron chi connectivity index (χ2n) is 6.75. The van der Waals surface area contributed by atoms with Crippen LogP contribution in [0, 0.1) is 23.2 Å². The number of carbonyl (C=O) groups is 1. The Bertz CT molecular complexity index is 416. The minimum absolute atomic E-state index is 0.128. The Morgan fingerprint density at radius 3 is 2.75 bits per heavy atom. The molecule has 2 aliphatic carbocycles. The molecule has 3 fully saturated rings. The van der Waals surface area contributed by atoms with Crippen molar-refractivity contribution in [3.05, 3.63) is 0 Å². The average molecular weight is 275 g/mol. The molecule has 2 bridgehead atoms. The quantitative estimate of drug-likeness (QED) is 0.854. The van der Waals surface area contributed by atoms with Crippen LogP contribution in [-0.4, -0.2) is 35.5 Å². The summed E-state index contributed by atoms with van der Waals surface area (Å²) in [4.78, 5) is 14.3. The van der Waals surface area contributed by atoms with Gasteiger partial charge in [-0.1, -0.05) is 13.3 Å². The van der Waals surface area contributed by atoms with Gasteiger partial charge in [-0.25, -0.2) is 0 Å². The average Bonchev–Trinajstić information content (AvgIpc) is 3.17. The number of fused-ring (bicyclic) bond motifs is 2. The second-order valence-corrected chi connectivity index (χ2v) is 6.75. The summed E-state index contributed by atoms with van der Waals surface area (Å²) in [7, 11) is 0. The predicted molar refractivity (Wildman–Crippen MR) is 76.8 cm³/mol. The van der Waals surface area contributed by atoms with Crippen LogP contribution in [0.3, 0.4) is 0 Å². The molecule has 0 aromatic heterocycles. The Kier molecular flexibility index (Phi) is 3.98. The zero-order valence-electron chi connectivity index (χ0n) is 12.3. The Labute approximate surface area is 121 Å². The molecular formula is C16H25N3O. The number of nitriles is 1. The number of likely N-dealkylation sites (tertiary alicyclic amines) is 1. The molecule has 1 heterocycles. The summed E-state index contributed by atoms with van der Waals surface area (Å²) in [6.45, 7) is 2.52. The second kappa shape index (κ2) is 5.73. The molecular weight excluding hydrogens is 250 g/mol. The van der Waals surface area contributed by atoms with Crippen LogP contribution >= 0.6 is 0 Å². The largest absolute Gasteiger partial charge is 0.323 e. The lowest BCUT2D eigenvalue weighted by molar-refractivity contribution is -0.132. The highest BCUT2D eigenvalue weighted by atomic mass is 16.2. The molecule has 4 nitrogen and oxygen atoms in total. The normalized spacial score (nSPS) is 39.2. The van der Waals surface area contributed by atoms with Crippen molar-refractivity contribution in [2.24, 2.45) is 11.8 Å². The standard InChI is InChI=1S/C16H25N3O/c1-2-13-5-6-14(9-17)19(13)16(20)10-18-15-8-11-3-4-12(15)7-11/h11-15,18H,2-8,10H2,1H3/t11-,12+,13+,14-,15+/m0/s1. The molecule has 3 rings (SSSR count). The SMILES string of the molecule is CC[C@@H]1CC[C@@H](C#N)N1C(=O)CN[C@@H]1C[C@H]2CC[C@@H]1C2. The van der Waals surface area contributed by atoms with Crippen molar-refractivity contribution in [2.45, 2.75) is 70.0 Å². The van der Waals surface area contributed by atoms with E-state index in [2.05, 4.69) is 18.3 Å². The van der Waals surface area contributed by atoms with E-state index in [-0.39, 0.29) is 18.0 Å². The van der Waals surface area contributed by atoms with Crippen LogP contribution in [-0.2, 0) is 4.79 Å². The number of rotatable bonds is 4. The maximum Gasteiger partial charge on any atom is 0.237 e. The molecule has 1 amide bonds. The van der Waals surface area contributed by atoms with E-state index < -0.39 is 0 Å². The molecule has 4 heteroatoms. The van der Waals surface area contributed by atoms with Gasteiger partial charge in [0.2, 0.25) is 5.91 Å². The van der Waals surface area contributed by atoms with Crippen LogP contribution in [0.1, 0.15) is 51.9 Å². The molecule has 0 radical (unpaired) electrons. The molecule has 0 spiro atoms. The lowest BCUT2D eigenvalue weighted by atomic mass is 9.95. The van der Waals surface area contributed by atoms with Crippen molar-refractivity contribution in [3.8, 4) is 6.07 Å². The van der Waals surface area contributed by atoms with Crippen molar-refractivity contribution in [1.29, 1.82) is 5.26 Å². The molecule has 0 unspecified atom stereocenters. The number of nitrogens with zero attached hydrogens (tertiary/aromatic N) is 2. The molecule has 110 valence electrons. The van der Waals surface area contributed by atoms with E-state index in [1.807, 2.05) is 4.90 Å². The monoisotopic (exact) mass is 275 g/mol. The lowest BCUT2D eigenvalue weighted by Gasteiger charge is -2.29. The van der Waals surface area contributed by atoms with Crippen LogP contribution in [0.4, 0.5) is 0 Å². The van der Waals surface area contributed by atoms with Gasteiger partial charge in [-0.15, -0.1) is 0 Å². The summed E-state index contributed by atoms with van der Waals surface area (Å²) in [6, 6.07) is 2.91. The fraction of sp³-hybridized carbons (Fsp3) is 0.875. The first kappa shape index (κ1) is 13.9. The summed E-state index contributed by atoms with van der Waals surface area (Å²) in [5, 5.41) is 12.7. The van der Waals surface area contributed by atoms with Crippen molar-refractivity contribution in [1.82, 2.24) is 10.2 Å². The molecule has 20 heavy (non-hydrogen) atoms. The third-order valence-electron chi connectivity index (χ3n) is 5.66. The summed E-state index contributed by atoms with van der Waals surface area (Å²) in [5.41, 5.74) is 0. The van der Waals surface area contributed by atoms with E-state index in [0.717, 1.165) is 31.1 Å². The van der Waals surface area contributed by atoms with Gasteiger partial charge in [0.05, 0.1) is 12.6 Å². The first-order valence-electron chi connectivity index (χ1n) is 8.17. The third kappa shape index (κ3) is 2.44. The zero-order valence-corrected chi connectivity index (χ0v) is 12.3. The molecule has 1 aliphatic heterocycles. The van der Waals surface area contributed by atoms with Crippen LogP contribution < -0.4 is 5.32 Å². The Hall–Kier alpha value is -1.08. The van der Waals surface area contributed by atoms with Gasteiger partial charge in [-0.2, -0.15) is 5.26 Å². The fourth-order valence-electron chi connectivity index (χ4n) is 4.59. The van der Waals surface area contributed by atoms with Crippen LogP contribution in [0.5, 0.6) is 0 Å². The minimum Gasteiger partial charge on any atom is -0.323 e. The number of hydrogen-bond acceptors (Lipinski definition) is 3. The fourth-order valence-corrected chi connectivity index (χ4v) is 4.59. The van der Waals surface area contributed by atoms with Crippen molar-refractivity contribution >= 4 is 5.91 Å². The number of amides is 1. The summed E-state index contributed by atoms with van der Waals surface area (Å²) in [6.07, 6.45) is 8.10. The molecule has 1 N–H and O–H groups in total. The van der Waals surface area contributed by atoms with Gasteiger partial charge >= 0.3 is 0 Å². The van der Waals surface area contributed by atoms with Gasteiger partial charge in [0.25, 0.3) is 0 Å². The first-order valence-corrected chi connectivity index (χ1v) is 8.17. The van der Waals surface area contributed by atoms with Gasteiger partial charge in [-0.3, -0.25) is 4.79 Å². The Morgan fingerprint density at radius 2 is 2.15 bits per heavy atom. The number of nitrogens with one attached hydrogen (secondary N) is 1. The van der Waals surface area contributed by atoms with Crippen LogP contribution in [0.15, 0.2) is 0 Å². The minimum atomic E-state index is -0.200. The summed E-state index contributed by atoms with van der Waals surface area (Å²) < 4.78 is 0. The highest BCUT2D eigenvalue weighted by molar-refractivity contribution is 5.79. The van der Waals surface area contributed by atoms with Gasteiger partial charge in [0.1, 0.15) is 6.04 Å². The topological polar surface area (TPSA) is 56.1 Å². The third-order valence-corrected chi connectivity index (χ3v) is 5.66. The van der Waals surface area contributed by atoms with Crippen LogP contribution in [0.25, 0.3) is 0 Å². The highest BCUT2D eigenvalue weighted by Gasteiger charge is 2.40. The van der Waals surface area contributed by atoms with Gasteiger partial charge in [0.15, 0.2) is 0 Å². The summed E-state index contributed by atoms with van der Waals surface area (Å²) >= 11 is 0. The van der Waals surface area contributed by atoms with E-state index in [1.54, 1.807) is 0 Å². The molecule has 3 aliphatic rings. The van der Waals surface area contributed by atoms with E-state index in [4.69, 9.17) is 0 Å². The highest BCUT2D eigenvalue weighted by Crippen LogP contribution is 2.44. The maximum atomic E-state index is 12.5. The molecule has 0 aromatic carbocycles. The molecule has 1 saturated heterocycles. The predicted octanol–water partition coefficient (Wildman–Crippen LogP) is 2.06. The van der Waals surface area contributed by atoms with Crippen molar-refractivity contribution in [3.63, 3.8) is 0 Å². The molecule has 0 aromatic rings. The molecule has 5 atom stereocenters. The van der Waals surface area contributed by atoms with Gasteiger partial charge in [0, 0.05) is 12.1 Å². The van der Waals surface area contributed by atoms with E-state index in [9.17, 15) is 10.1 Å². The number of carbonyl (C=O) groups excluding carboxylic acids is 1. The van der Waals surface area contributed by atoms with Crippen LogP contribution in [0.2, 0.25) is 0 Å². The van der Waals surface area contributed by atoms with Gasteiger partial charge in [-0.05, 0) is 50.4 Å². The smallest absolute Gasteiger partial charge is 0.237 e. The Morgan fingerprint density at radius 1 is 1.30 bits per heavy atom. The van der Waals surface area contributed by atoms with E-state index in [0.29, 0.717) is 12.6 Å². The van der Waals surface area contributed by atoms with Crippen molar-refractivity contribution < 1.29 is 4.79 Å². The lowest BCUT2D eigenvalue weighted by Crippen LogP contribution is -2.47. The Balaban J connectivity index is 1.54. The van der Waals surface area contributed by atoms with E-state index in [1.165, 1.54) is 25.7 Å².